The highest BCUT2D eigenvalue weighted by Gasteiger charge is 2.05. The molecule has 0 aliphatic heterocycles. The largest absolute Gasteiger partial charge is 0.428 e. The Morgan fingerprint density at radius 1 is 1.50 bits per heavy atom. The van der Waals surface area contributed by atoms with Crippen LogP contribution in [0.3, 0.4) is 0 Å². The Morgan fingerprint density at radius 2 is 2.08 bits per heavy atom. The summed E-state index contributed by atoms with van der Waals surface area (Å²) in [6, 6.07) is 3.18. The van der Waals surface area contributed by atoms with Crippen molar-refractivity contribution in [2.24, 2.45) is 0 Å². The summed E-state index contributed by atoms with van der Waals surface area (Å²) in [7, 11) is 0. The maximum Gasteiger partial charge on any atom is 0.343 e. The highest BCUT2D eigenvalue weighted by atomic mass is 16.5. The van der Waals surface area contributed by atoms with E-state index in [-0.39, 0.29) is 0 Å². The summed E-state index contributed by atoms with van der Waals surface area (Å²) in [6.45, 7) is 5.09. The first kappa shape index (κ1) is 8.46. The van der Waals surface area contributed by atoms with Gasteiger partial charge in [0.1, 0.15) is 0 Å². The molecule has 1 heterocycles. The Hall–Kier alpha value is -1.64. The first-order chi connectivity index (χ1) is 5.70. The third-order valence-corrected chi connectivity index (χ3v) is 1.18. The summed E-state index contributed by atoms with van der Waals surface area (Å²) in [5.41, 5.74) is 0.480. The fourth-order valence-electron chi connectivity index (χ4n) is 0.705. The number of hydrogen-bond donors (Lipinski definition) is 0. The predicted molar refractivity (Wildman–Crippen MR) is 44.5 cm³/mol. The monoisotopic (exact) mass is 163 g/mol. The molecule has 0 fully saturated rings. The number of pyridine rings is 1. The van der Waals surface area contributed by atoms with Crippen LogP contribution in [-0.4, -0.2) is 11.0 Å². The lowest BCUT2D eigenvalue weighted by molar-refractivity contribution is 0.0627. The fourth-order valence-corrected chi connectivity index (χ4v) is 0.705. The number of allylic oxidation sites excluding steroid dienone is 1. The molecule has 62 valence electrons. The summed E-state index contributed by atoms with van der Waals surface area (Å²) in [5.74, 6) is -0.0123. The van der Waals surface area contributed by atoms with Crippen LogP contribution >= 0.6 is 0 Å². The molecular formula is C9H9NO2. The van der Waals surface area contributed by atoms with Gasteiger partial charge in [0.15, 0.2) is 0 Å². The Morgan fingerprint density at radius 3 is 2.58 bits per heavy atom. The van der Waals surface area contributed by atoms with Crippen molar-refractivity contribution in [2.75, 3.05) is 0 Å². The van der Waals surface area contributed by atoms with Crippen LogP contribution in [0.4, 0.5) is 0 Å². The van der Waals surface area contributed by atoms with E-state index in [1.165, 1.54) is 12.4 Å². The third kappa shape index (κ3) is 2.20. The molecule has 0 radical (unpaired) electrons. The van der Waals surface area contributed by atoms with Crippen LogP contribution in [0.1, 0.15) is 17.3 Å². The Labute approximate surface area is 70.7 Å². The first-order valence-electron chi connectivity index (χ1n) is 3.48. The number of esters is 1. The van der Waals surface area contributed by atoms with Gasteiger partial charge >= 0.3 is 5.97 Å². The number of carbonyl (C=O) groups excluding carboxylic acids is 1. The van der Waals surface area contributed by atoms with Gasteiger partial charge in [-0.05, 0) is 19.1 Å². The van der Waals surface area contributed by atoms with Gasteiger partial charge < -0.3 is 4.74 Å². The zero-order valence-electron chi connectivity index (χ0n) is 6.78. The van der Waals surface area contributed by atoms with E-state index in [9.17, 15) is 4.79 Å². The Balaban J connectivity index is 2.73. The second-order valence-corrected chi connectivity index (χ2v) is 2.33. The summed E-state index contributed by atoms with van der Waals surface area (Å²) < 4.78 is 4.78. The molecule has 0 spiro atoms. The molecule has 0 saturated heterocycles. The smallest absolute Gasteiger partial charge is 0.343 e. The summed E-state index contributed by atoms with van der Waals surface area (Å²) in [4.78, 5) is 14.9. The highest BCUT2D eigenvalue weighted by molar-refractivity contribution is 5.89. The standard InChI is InChI=1S/C9H9NO2/c1-7(2)12-9(11)8-3-5-10-6-4-8/h3-6H,1H2,2H3. The molecule has 0 amide bonds. The molecule has 3 heteroatoms. The molecular weight excluding hydrogens is 154 g/mol. The van der Waals surface area contributed by atoms with Gasteiger partial charge in [0.05, 0.1) is 11.3 Å². The van der Waals surface area contributed by atoms with Crippen LogP contribution < -0.4 is 0 Å². The summed E-state index contributed by atoms with van der Waals surface area (Å²) in [5, 5.41) is 0. The van der Waals surface area contributed by atoms with E-state index in [2.05, 4.69) is 11.6 Å². The number of nitrogens with zero attached hydrogens (tertiary/aromatic N) is 1. The quantitative estimate of drug-likeness (QED) is 0.492. The lowest BCUT2D eigenvalue weighted by atomic mass is 10.3. The SMILES string of the molecule is C=C(C)OC(=O)c1ccncc1. The molecule has 0 atom stereocenters. The number of rotatable bonds is 2. The van der Waals surface area contributed by atoms with E-state index in [1.54, 1.807) is 19.1 Å². The van der Waals surface area contributed by atoms with Crippen molar-refractivity contribution < 1.29 is 9.53 Å². The molecule has 1 rings (SSSR count). The average molecular weight is 163 g/mol. The number of ether oxygens (including phenoxy) is 1. The van der Waals surface area contributed by atoms with Crippen molar-refractivity contribution in [3.63, 3.8) is 0 Å². The lowest BCUT2D eigenvalue weighted by Gasteiger charge is -2.01. The molecule has 1 aromatic rings. The van der Waals surface area contributed by atoms with Crippen molar-refractivity contribution >= 4 is 5.97 Å². The van der Waals surface area contributed by atoms with Crippen LogP contribution in [0, 0.1) is 0 Å². The molecule has 0 saturated carbocycles. The lowest BCUT2D eigenvalue weighted by Crippen LogP contribution is -2.02. The van der Waals surface area contributed by atoms with Gasteiger partial charge in [-0.1, -0.05) is 6.58 Å². The van der Waals surface area contributed by atoms with Crippen LogP contribution in [0.2, 0.25) is 0 Å². The average Bonchev–Trinajstić information content (AvgIpc) is 2.05. The van der Waals surface area contributed by atoms with Crippen molar-refractivity contribution in [1.29, 1.82) is 0 Å². The number of aromatic nitrogens is 1. The number of hydrogen-bond acceptors (Lipinski definition) is 3. The van der Waals surface area contributed by atoms with Gasteiger partial charge in [-0.25, -0.2) is 4.79 Å². The van der Waals surface area contributed by atoms with E-state index in [0.717, 1.165) is 0 Å². The van der Waals surface area contributed by atoms with Crippen LogP contribution in [-0.2, 0) is 4.74 Å². The van der Waals surface area contributed by atoms with E-state index in [1.807, 2.05) is 0 Å². The Kier molecular flexibility index (Phi) is 2.58. The molecule has 0 unspecified atom stereocenters. The van der Waals surface area contributed by atoms with E-state index < -0.39 is 5.97 Å². The topological polar surface area (TPSA) is 39.2 Å². The second-order valence-electron chi connectivity index (χ2n) is 2.33. The van der Waals surface area contributed by atoms with E-state index in [0.29, 0.717) is 11.3 Å². The van der Waals surface area contributed by atoms with E-state index >= 15 is 0 Å². The first-order valence-corrected chi connectivity index (χ1v) is 3.48. The molecule has 12 heavy (non-hydrogen) atoms. The maximum absolute atomic E-state index is 11.1. The predicted octanol–water partition coefficient (Wildman–Crippen LogP) is 1.77. The molecule has 0 bridgehead atoms. The van der Waals surface area contributed by atoms with Crippen molar-refractivity contribution in [2.45, 2.75) is 6.92 Å². The van der Waals surface area contributed by atoms with Crippen LogP contribution in [0.25, 0.3) is 0 Å². The minimum Gasteiger partial charge on any atom is -0.428 e. The van der Waals surface area contributed by atoms with Crippen molar-refractivity contribution in [3.8, 4) is 0 Å². The Bertz CT molecular complexity index is 293. The van der Waals surface area contributed by atoms with Crippen LogP contribution in [0.5, 0.6) is 0 Å². The molecule has 1 aromatic heterocycles. The molecule has 0 aliphatic carbocycles. The van der Waals surface area contributed by atoms with Gasteiger partial charge in [-0.2, -0.15) is 0 Å². The zero-order valence-corrected chi connectivity index (χ0v) is 6.78. The minimum atomic E-state index is -0.398. The second kappa shape index (κ2) is 3.67. The van der Waals surface area contributed by atoms with Gasteiger partial charge in [0.2, 0.25) is 0 Å². The van der Waals surface area contributed by atoms with Crippen molar-refractivity contribution in [1.82, 2.24) is 4.98 Å². The van der Waals surface area contributed by atoms with Crippen LogP contribution in [0.15, 0.2) is 36.9 Å². The summed E-state index contributed by atoms with van der Waals surface area (Å²) in [6.07, 6.45) is 3.07. The highest BCUT2D eigenvalue weighted by Crippen LogP contribution is 2.02. The van der Waals surface area contributed by atoms with Gasteiger partial charge in [-0.15, -0.1) is 0 Å². The zero-order chi connectivity index (χ0) is 8.97. The van der Waals surface area contributed by atoms with E-state index in [4.69, 9.17) is 4.74 Å². The third-order valence-electron chi connectivity index (χ3n) is 1.18. The normalized spacial score (nSPS) is 9.08. The van der Waals surface area contributed by atoms with Gasteiger partial charge in [-0.3, -0.25) is 4.98 Å². The molecule has 0 N–H and O–H groups in total. The summed E-state index contributed by atoms with van der Waals surface area (Å²) >= 11 is 0. The number of carbonyl (C=O) groups is 1. The molecule has 0 aromatic carbocycles. The minimum absolute atomic E-state index is 0.386. The van der Waals surface area contributed by atoms with Gasteiger partial charge in [0, 0.05) is 12.4 Å². The maximum atomic E-state index is 11.1. The fraction of sp³-hybridized carbons (Fsp3) is 0.111. The van der Waals surface area contributed by atoms with Crippen molar-refractivity contribution in [3.05, 3.63) is 42.4 Å². The van der Waals surface area contributed by atoms with Gasteiger partial charge in [0.25, 0.3) is 0 Å². The molecule has 0 aliphatic rings. The molecule has 3 nitrogen and oxygen atoms in total.